The number of sulfonamides is 2. The molecule has 0 atom stereocenters. The van der Waals surface area contributed by atoms with E-state index in [9.17, 15) is 30.0 Å². The Kier molecular flexibility index (Phi) is 8.02. The Labute approximate surface area is 185 Å². The molecule has 0 amide bonds. The van der Waals surface area contributed by atoms with Crippen molar-refractivity contribution in [2.24, 2.45) is 0 Å². The van der Waals surface area contributed by atoms with Gasteiger partial charge in [0.1, 0.15) is 11.5 Å². The first-order valence-corrected chi connectivity index (χ1v) is 12.4. The van der Waals surface area contributed by atoms with Crippen molar-refractivity contribution in [3.05, 3.63) is 42.5 Å². The van der Waals surface area contributed by atoms with Gasteiger partial charge in [-0.1, -0.05) is 19.9 Å². The molecule has 0 spiro atoms. The fourth-order valence-electron chi connectivity index (χ4n) is 2.79. The maximum atomic E-state index is 12.8. The Hall–Kier alpha value is -2.51. The highest BCUT2D eigenvalue weighted by Gasteiger charge is 2.31. The van der Waals surface area contributed by atoms with Crippen molar-refractivity contribution in [2.45, 2.75) is 36.9 Å². The van der Waals surface area contributed by atoms with Crippen molar-refractivity contribution >= 4 is 25.7 Å². The van der Waals surface area contributed by atoms with Crippen molar-refractivity contribution in [3.63, 3.8) is 0 Å². The van der Waals surface area contributed by atoms with Crippen LogP contribution >= 0.6 is 0 Å². The molecule has 8 nitrogen and oxygen atoms in total. The normalized spacial score (nSPS) is 12.6. The molecule has 0 aliphatic rings. The standard InChI is InChI=1S/C19H23F3N2O6S2/c1-4-24(5-2)32(27,28)16-10-11-18(29-6-3)17(13-16)23-31(25,26)15-9-7-8-14(12-15)30-19(20,21)22/h7-13,23H,4-6H2,1-3H3. The lowest BCUT2D eigenvalue weighted by Crippen LogP contribution is -2.30. The number of ether oxygens (including phenoxy) is 2. The molecular formula is C19H23F3N2O6S2. The second-order valence-electron chi connectivity index (χ2n) is 6.31. The molecule has 0 saturated heterocycles. The van der Waals surface area contributed by atoms with Gasteiger partial charge in [-0.3, -0.25) is 4.72 Å². The highest BCUT2D eigenvalue weighted by molar-refractivity contribution is 7.92. The third-order valence-electron chi connectivity index (χ3n) is 4.19. The summed E-state index contributed by atoms with van der Waals surface area (Å²) in [5.74, 6) is -0.666. The smallest absolute Gasteiger partial charge is 0.492 e. The van der Waals surface area contributed by atoms with Gasteiger partial charge in [-0.25, -0.2) is 16.8 Å². The molecule has 0 fully saturated rings. The summed E-state index contributed by atoms with van der Waals surface area (Å²) in [6.07, 6.45) is -4.99. The van der Waals surface area contributed by atoms with Crippen LogP contribution in [0.4, 0.5) is 18.9 Å². The lowest BCUT2D eigenvalue weighted by atomic mass is 10.3. The number of rotatable bonds is 10. The van der Waals surface area contributed by atoms with Crippen molar-refractivity contribution in [2.75, 3.05) is 24.4 Å². The van der Waals surface area contributed by atoms with E-state index in [0.29, 0.717) is 6.07 Å². The average molecular weight is 497 g/mol. The molecule has 2 rings (SSSR count). The quantitative estimate of drug-likeness (QED) is 0.537. The van der Waals surface area contributed by atoms with Gasteiger partial charge in [-0.15, -0.1) is 13.2 Å². The van der Waals surface area contributed by atoms with E-state index in [4.69, 9.17) is 4.74 Å². The Bertz CT molecular complexity index is 1150. The Morgan fingerprint density at radius 2 is 1.59 bits per heavy atom. The summed E-state index contributed by atoms with van der Waals surface area (Å²) in [6, 6.07) is 7.51. The van der Waals surface area contributed by atoms with Crippen molar-refractivity contribution < 1.29 is 39.5 Å². The SMILES string of the molecule is CCOc1ccc(S(=O)(=O)N(CC)CC)cc1NS(=O)(=O)c1cccc(OC(F)(F)F)c1. The van der Waals surface area contributed by atoms with Crippen LogP contribution in [0.1, 0.15) is 20.8 Å². The van der Waals surface area contributed by atoms with Crippen molar-refractivity contribution in [3.8, 4) is 11.5 Å². The van der Waals surface area contributed by atoms with Crippen LogP contribution in [-0.4, -0.2) is 47.2 Å². The maximum Gasteiger partial charge on any atom is 0.573 e. The first-order valence-electron chi connectivity index (χ1n) is 9.49. The van der Waals surface area contributed by atoms with Gasteiger partial charge in [0, 0.05) is 19.2 Å². The van der Waals surface area contributed by atoms with Gasteiger partial charge in [0.25, 0.3) is 10.0 Å². The first-order chi connectivity index (χ1) is 14.8. The minimum Gasteiger partial charge on any atom is -0.492 e. The zero-order valence-corrected chi connectivity index (χ0v) is 19.1. The number of anilines is 1. The Morgan fingerprint density at radius 3 is 2.16 bits per heavy atom. The van der Waals surface area contributed by atoms with E-state index in [1.54, 1.807) is 20.8 Å². The minimum atomic E-state index is -4.99. The second-order valence-corrected chi connectivity index (χ2v) is 9.93. The summed E-state index contributed by atoms with van der Waals surface area (Å²) in [7, 11) is -8.32. The van der Waals surface area contributed by atoms with Gasteiger partial charge in [0.05, 0.1) is 22.1 Å². The first kappa shape index (κ1) is 25.7. The highest BCUT2D eigenvalue weighted by Crippen LogP contribution is 2.32. The van der Waals surface area contributed by atoms with Crippen LogP contribution in [0.15, 0.2) is 52.3 Å². The van der Waals surface area contributed by atoms with E-state index < -0.39 is 37.1 Å². The zero-order chi connectivity index (χ0) is 24.2. The van der Waals surface area contributed by atoms with Crippen molar-refractivity contribution in [1.82, 2.24) is 4.31 Å². The number of halogens is 3. The Morgan fingerprint density at radius 1 is 0.938 bits per heavy atom. The summed E-state index contributed by atoms with van der Waals surface area (Å²) in [6.45, 7) is 5.55. The summed E-state index contributed by atoms with van der Waals surface area (Å²) in [5, 5.41) is 0. The molecule has 0 aliphatic heterocycles. The second kappa shape index (κ2) is 9.96. The van der Waals surface area contributed by atoms with Crippen LogP contribution < -0.4 is 14.2 Å². The molecule has 13 heteroatoms. The van der Waals surface area contributed by atoms with E-state index in [-0.39, 0.29) is 36.0 Å². The number of hydrogen-bond donors (Lipinski definition) is 1. The molecule has 32 heavy (non-hydrogen) atoms. The van der Waals surface area contributed by atoms with Gasteiger partial charge in [0.2, 0.25) is 10.0 Å². The van der Waals surface area contributed by atoms with Crippen LogP contribution in [0.25, 0.3) is 0 Å². The molecule has 0 unspecified atom stereocenters. The van der Waals surface area contributed by atoms with Crippen molar-refractivity contribution in [1.29, 1.82) is 0 Å². The predicted molar refractivity (Wildman–Crippen MR) is 112 cm³/mol. The molecule has 0 bridgehead atoms. The van der Waals surface area contributed by atoms with E-state index in [1.165, 1.54) is 16.4 Å². The van der Waals surface area contributed by atoms with E-state index in [0.717, 1.165) is 24.3 Å². The summed E-state index contributed by atoms with van der Waals surface area (Å²) >= 11 is 0. The summed E-state index contributed by atoms with van der Waals surface area (Å²) in [4.78, 5) is -0.685. The fourth-order valence-corrected chi connectivity index (χ4v) is 5.37. The van der Waals surface area contributed by atoms with Gasteiger partial charge in [-0.2, -0.15) is 4.31 Å². The van der Waals surface area contributed by atoms with E-state index >= 15 is 0 Å². The molecule has 0 aliphatic carbocycles. The Balaban J connectivity index is 2.49. The molecule has 0 heterocycles. The van der Waals surface area contributed by atoms with Gasteiger partial charge in [-0.05, 0) is 37.3 Å². The molecule has 178 valence electrons. The molecule has 2 aromatic carbocycles. The predicted octanol–water partition coefficient (Wildman–Crippen LogP) is 3.82. The zero-order valence-electron chi connectivity index (χ0n) is 17.5. The summed E-state index contributed by atoms with van der Waals surface area (Å²) < 4.78 is 101. The van der Waals surface area contributed by atoms with Crippen LogP contribution in [0.2, 0.25) is 0 Å². The highest BCUT2D eigenvalue weighted by atomic mass is 32.2. The number of nitrogens with zero attached hydrogens (tertiary/aromatic N) is 1. The van der Waals surface area contributed by atoms with Crippen LogP contribution in [0.5, 0.6) is 11.5 Å². The van der Waals surface area contributed by atoms with Gasteiger partial charge in [0.15, 0.2) is 0 Å². The third kappa shape index (κ3) is 6.26. The van der Waals surface area contributed by atoms with Crippen LogP contribution in [0, 0.1) is 0 Å². The number of hydrogen-bond acceptors (Lipinski definition) is 6. The number of nitrogens with one attached hydrogen (secondary N) is 1. The van der Waals surface area contributed by atoms with E-state index in [1.807, 2.05) is 0 Å². The molecule has 0 aromatic heterocycles. The van der Waals surface area contributed by atoms with E-state index in [2.05, 4.69) is 9.46 Å². The lowest BCUT2D eigenvalue weighted by molar-refractivity contribution is -0.274. The van der Waals surface area contributed by atoms with Crippen LogP contribution in [-0.2, 0) is 20.0 Å². The topological polar surface area (TPSA) is 102 Å². The molecule has 0 saturated carbocycles. The monoisotopic (exact) mass is 496 g/mol. The maximum absolute atomic E-state index is 12.8. The number of benzene rings is 2. The molecule has 0 radical (unpaired) electrons. The molecule has 2 aromatic rings. The molecular weight excluding hydrogens is 473 g/mol. The number of alkyl halides is 3. The van der Waals surface area contributed by atoms with Crippen LogP contribution in [0.3, 0.4) is 0 Å². The summed E-state index contributed by atoms with van der Waals surface area (Å²) in [5.41, 5.74) is -0.178. The largest absolute Gasteiger partial charge is 0.573 e. The van der Waals surface area contributed by atoms with Gasteiger partial charge >= 0.3 is 6.36 Å². The van der Waals surface area contributed by atoms with Gasteiger partial charge < -0.3 is 9.47 Å². The molecule has 1 N–H and O–H groups in total. The average Bonchev–Trinajstić information content (AvgIpc) is 2.69. The minimum absolute atomic E-state index is 0.0530. The lowest BCUT2D eigenvalue weighted by Gasteiger charge is -2.20. The fraction of sp³-hybridized carbons (Fsp3) is 0.368. The third-order valence-corrected chi connectivity index (χ3v) is 7.60.